The molecular formula is C10H11N3O4S. The van der Waals surface area contributed by atoms with Crippen molar-refractivity contribution in [1.82, 2.24) is 4.72 Å². The molecule has 7 nitrogen and oxygen atoms in total. The van der Waals surface area contributed by atoms with Crippen molar-refractivity contribution in [3.63, 3.8) is 0 Å². The van der Waals surface area contributed by atoms with Crippen molar-refractivity contribution < 1.29 is 18.3 Å². The molecule has 0 saturated heterocycles. The van der Waals surface area contributed by atoms with Crippen LogP contribution in [0.25, 0.3) is 0 Å². The Bertz CT molecular complexity index is 574. The third-order valence-electron chi connectivity index (χ3n) is 2.09. The van der Waals surface area contributed by atoms with E-state index in [1.807, 2.05) is 10.8 Å². The Kier molecular flexibility index (Phi) is 4.38. The van der Waals surface area contributed by atoms with Crippen molar-refractivity contribution in [3.8, 4) is 6.07 Å². The monoisotopic (exact) mass is 269 g/mol. The lowest BCUT2D eigenvalue weighted by Crippen LogP contribution is -2.39. The molecule has 4 N–H and O–H groups in total. The number of sulfonamides is 1. The minimum atomic E-state index is -3.84. The second-order valence-corrected chi connectivity index (χ2v) is 5.17. The summed E-state index contributed by atoms with van der Waals surface area (Å²) in [6, 6.07) is 7.04. The lowest BCUT2D eigenvalue weighted by Gasteiger charge is -2.09. The second kappa shape index (κ2) is 5.59. The predicted molar refractivity (Wildman–Crippen MR) is 61.5 cm³/mol. The van der Waals surface area contributed by atoms with Crippen molar-refractivity contribution in [1.29, 1.82) is 5.26 Å². The third-order valence-corrected chi connectivity index (χ3v) is 3.53. The van der Waals surface area contributed by atoms with Gasteiger partial charge >= 0.3 is 0 Å². The molecule has 0 aliphatic heterocycles. The van der Waals surface area contributed by atoms with Crippen LogP contribution in [0, 0.1) is 11.3 Å². The molecule has 0 aromatic heterocycles. The van der Waals surface area contributed by atoms with Gasteiger partial charge in [-0.15, -0.1) is 0 Å². The van der Waals surface area contributed by atoms with Gasteiger partial charge in [0, 0.05) is 6.54 Å². The van der Waals surface area contributed by atoms with Gasteiger partial charge in [0.05, 0.1) is 16.5 Å². The Morgan fingerprint density at radius 2 is 2.00 bits per heavy atom. The first-order valence-electron chi connectivity index (χ1n) is 4.84. The number of nitriles is 1. The summed E-state index contributed by atoms with van der Waals surface area (Å²) in [5, 5.41) is 17.6. The highest BCUT2D eigenvalue weighted by Crippen LogP contribution is 2.09. The Balaban J connectivity index is 2.80. The van der Waals surface area contributed by atoms with Crippen LogP contribution in [-0.4, -0.2) is 32.1 Å². The molecule has 8 heteroatoms. The highest BCUT2D eigenvalue weighted by molar-refractivity contribution is 7.89. The first-order chi connectivity index (χ1) is 8.36. The van der Waals surface area contributed by atoms with Gasteiger partial charge in [-0.1, -0.05) is 0 Å². The average Bonchev–Trinajstić information content (AvgIpc) is 2.36. The smallest absolute Gasteiger partial charge is 0.247 e. The zero-order chi connectivity index (χ0) is 13.8. The fourth-order valence-electron chi connectivity index (χ4n) is 1.08. The predicted octanol–water partition coefficient (Wildman–Crippen LogP) is -1.32. The number of amides is 1. The zero-order valence-corrected chi connectivity index (χ0v) is 10.0. The molecule has 1 aromatic carbocycles. The number of carbonyl (C=O) groups excluding carboxylic acids is 1. The molecule has 0 bridgehead atoms. The molecule has 1 atom stereocenters. The summed E-state index contributed by atoms with van der Waals surface area (Å²) in [5.74, 6) is -1.02. The van der Waals surface area contributed by atoms with E-state index in [4.69, 9.17) is 16.1 Å². The molecule has 0 aliphatic rings. The number of rotatable bonds is 5. The number of nitrogens with one attached hydrogen (secondary N) is 1. The molecular weight excluding hydrogens is 258 g/mol. The number of hydrogen-bond donors (Lipinski definition) is 3. The van der Waals surface area contributed by atoms with Crippen molar-refractivity contribution in [2.24, 2.45) is 5.73 Å². The fraction of sp³-hybridized carbons (Fsp3) is 0.200. The van der Waals surface area contributed by atoms with Crippen LogP contribution in [0.15, 0.2) is 29.2 Å². The minimum Gasteiger partial charge on any atom is -0.382 e. The first-order valence-corrected chi connectivity index (χ1v) is 6.32. The molecule has 0 radical (unpaired) electrons. The molecule has 0 spiro atoms. The third kappa shape index (κ3) is 3.53. The normalized spacial score (nSPS) is 12.7. The molecule has 0 aliphatic carbocycles. The van der Waals surface area contributed by atoms with Crippen LogP contribution in [0.1, 0.15) is 5.56 Å². The van der Waals surface area contributed by atoms with Crippen LogP contribution in [0.4, 0.5) is 0 Å². The van der Waals surface area contributed by atoms with Crippen LogP contribution < -0.4 is 10.5 Å². The Hall–Kier alpha value is -1.95. The van der Waals surface area contributed by atoms with Gasteiger partial charge in [-0.05, 0) is 24.3 Å². The standard InChI is InChI=1S/C10H11N3O4S/c11-5-7-1-3-8(4-2-7)18(16,17)13-6-9(14)10(12)15/h1-4,9,13-14H,6H2,(H2,12,15). The largest absolute Gasteiger partial charge is 0.382 e. The van der Waals surface area contributed by atoms with Gasteiger partial charge < -0.3 is 10.8 Å². The summed E-state index contributed by atoms with van der Waals surface area (Å²) in [7, 11) is -3.84. The summed E-state index contributed by atoms with van der Waals surface area (Å²) >= 11 is 0. The van der Waals surface area contributed by atoms with E-state index in [1.54, 1.807) is 0 Å². The number of nitrogens with zero attached hydrogens (tertiary/aromatic N) is 1. The number of nitrogens with two attached hydrogens (primary N) is 1. The lowest BCUT2D eigenvalue weighted by molar-refractivity contribution is -0.125. The Morgan fingerprint density at radius 3 is 2.44 bits per heavy atom. The summed E-state index contributed by atoms with van der Waals surface area (Å²) in [5.41, 5.74) is 5.11. The number of hydrogen-bond acceptors (Lipinski definition) is 5. The van der Waals surface area contributed by atoms with E-state index in [9.17, 15) is 13.2 Å². The maximum absolute atomic E-state index is 11.7. The van der Waals surface area contributed by atoms with Crippen LogP contribution in [0.5, 0.6) is 0 Å². The molecule has 1 amide bonds. The van der Waals surface area contributed by atoms with Crippen LogP contribution in [0.2, 0.25) is 0 Å². The van der Waals surface area contributed by atoms with Crippen molar-refractivity contribution in [3.05, 3.63) is 29.8 Å². The van der Waals surface area contributed by atoms with Crippen LogP contribution >= 0.6 is 0 Å². The lowest BCUT2D eigenvalue weighted by atomic mass is 10.2. The van der Waals surface area contributed by atoms with E-state index < -0.39 is 28.6 Å². The van der Waals surface area contributed by atoms with Crippen molar-refractivity contribution in [2.45, 2.75) is 11.0 Å². The minimum absolute atomic E-state index is 0.0711. The van der Waals surface area contributed by atoms with E-state index in [0.29, 0.717) is 5.56 Å². The topological polar surface area (TPSA) is 133 Å². The number of aliphatic hydroxyl groups excluding tert-OH is 1. The van der Waals surface area contributed by atoms with Gasteiger partial charge in [-0.25, -0.2) is 13.1 Å². The zero-order valence-electron chi connectivity index (χ0n) is 9.20. The molecule has 18 heavy (non-hydrogen) atoms. The molecule has 96 valence electrons. The highest BCUT2D eigenvalue weighted by atomic mass is 32.2. The first kappa shape index (κ1) is 14.1. The number of benzene rings is 1. The number of aliphatic hydroxyl groups is 1. The molecule has 1 rings (SSSR count). The van der Waals surface area contributed by atoms with Gasteiger partial charge in [0.1, 0.15) is 6.10 Å². The summed E-state index contributed by atoms with van der Waals surface area (Å²) in [6.07, 6.45) is -1.59. The van der Waals surface area contributed by atoms with E-state index in [1.165, 1.54) is 24.3 Å². The van der Waals surface area contributed by atoms with E-state index in [2.05, 4.69) is 0 Å². The van der Waals surface area contributed by atoms with Gasteiger partial charge in [0.15, 0.2) is 0 Å². The average molecular weight is 269 g/mol. The van der Waals surface area contributed by atoms with E-state index in [0.717, 1.165) is 0 Å². The summed E-state index contributed by atoms with van der Waals surface area (Å²) < 4.78 is 25.4. The SMILES string of the molecule is N#Cc1ccc(S(=O)(=O)NCC(O)C(N)=O)cc1. The fourth-order valence-corrected chi connectivity index (χ4v) is 2.12. The van der Waals surface area contributed by atoms with E-state index >= 15 is 0 Å². The number of primary amides is 1. The summed E-state index contributed by atoms with van der Waals surface area (Å²) in [6.45, 7) is -0.502. The second-order valence-electron chi connectivity index (χ2n) is 3.41. The van der Waals surface area contributed by atoms with Crippen molar-refractivity contribution in [2.75, 3.05) is 6.54 Å². The van der Waals surface area contributed by atoms with E-state index in [-0.39, 0.29) is 4.90 Å². The number of carbonyl (C=O) groups is 1. The van der Waals surface area contributed by atoms with Crippen LogP contribution in [-0.2, 0) is 14.8 Å². The summed E-state index contributed by atoms with van der Waals surface area (Å²) in [4.78, 5) is 10.5. The molecule has 1 unspecified atom stereocenters. The van der Waals surface area contributed by atoms with Gasteiger partial charge in [0.25, 0.3) is 0 Å². The van der Waals surface area contributed by atoms with Gasteiger partial charge in [-0.2, -0.15) is 5.26 Å². The van der Waals surface area contributed by atoms with Gasteiger partial charge in [0.2, 0.25) is 15.9 Å². The maximum atomic E-state index is 11.7. The molecule has 0 heterocycles. The Labute approximate surface area is 104 Å². The Morgan fingerprint density at radius 1 is 1.44 bits per heavy atom. The van der Waals surface area contributed by atoms with Crippen molar-refractivity contribution >= 4 is 15.9 Å². The molecule has 1 aromatic rings. The molecule has 0 saturated carbocycles. The highest BCUT2D eigenvalue weighted by Gasteiger charge is 2.18. The quantitative estimate of drug-likeness (QED) is 0.609. The van der Waals surface area contributed by atoms with Gasteiger partial charge in [-0.3, -0.25) is 4.79 Å². The molecule has 0 fully saturated rings. The maximum Gasteiger partial charge on any atom is 0.247 e. The van der Waals surface area contributed by atoms with Crippen LogP contribution in [0.3, 0.4) is 0 Å².